The van der Waals surface area contributed by atoms with Crippen LogP contribution >= 0.6 is 0 Å². The Morgan fingerprint density at radius 3 is 1.18 bits per heavy atom. The number of furan rings is 2. The summed E-state index contributed by atoms with van der Waals surface area (Å²) in [5.74, 6) is 0.355. The summed E-state index contributed by atoms with van der Waals surface area (Å²) in [6.45, 7) is 0. The highest BCUT2D eigenvalue weighted by molar-refractivity contribution is 6.26. The molecule has 2 aliphatic rings. The van der Waals surface area contributed by atoms with Crippen LogP contribution in [0.3, 0.4) is 0 Å². The Bertz CT molecular complexity index is 7540. The molecule has 512 valence electrons. The molecule has 2 atom stereocenters. The third-order valence-electron chi connectivity index (χ3n) is 23.7. The van der Waals surface area contributed by atoms with E-state index in [-0.39, 0.29) is 11.8 Å². The van der Waals surface area contributed by atoms with Crippen LogP contribution in [-0.4, -0.2) is 9.13 Å². The summed E-state index contributed by atoms with van der Waals surface area (Å²) in [7, 11) is 0. The van der Waals surface area contributed by atoms with E-state index in [1.54, 1.807) is 0 Å². The van der Waals surface area contributed by atoms with Gasteiger partial charge in [0, 0.05) is 60.3 Å². The standard InChI is InChI=1S/2C53H33NO/c1-2-12-33(13-3-1)35-16-10-17-38(30-35)51-42-21-7-6-19-40(42)46-31-36(24-26-43(46)51)37-25-29-49-47(32-37)44-27-28-45-41-20-8-9-23-50(41)55-53(45)52(44)54(49)48-22-11-15-34-14-4-5-18-39(34)48;1-2-12-33(13-3-1)35-16-10-17-38(30-35)51-41-20-7-6-19-40(41)45-31-36(24-26-42(45)51)37-25-28-48-46(32-37)43-27-29-50-52(44-21-8-9-23-49(44)55-50)53(43)54(48)47-22-11-15-34-14-4-5-18-39(34)47/h2*1-32,51H. The van der Waals surface area contributed by atoms with Crippen molar-refractivity contribution >= 4 is 109 Å². The molecule has 0 bridgehead atoms. The maximum Gasteiger partial charge on any atom is 0.160 e. The van der Waals surface area contributed by atoms with Crippen LogP contribution in [0.5, 0.6) is 0 Å². The van der Waals surface area contributed by atoms with Crippen LogP contribution in [0.15, 0.2) is 397 Å². The largest absolute Gasteiger partial charge is 0.456 e. The fourth-order valence-electron chi connectivity index (χ4n) is 18.8. The molecule has 4 heteroatoms. The Balaban J connectivity index is 0.000000132. The van der Waals surface area contributed by atoms with Crippen molar-refractivity contribution in [1.29, 1.82) is 0 Å². The predicted octanol–water partition coefficient (Wildman–Crippen LogP) is 28.7. The lowest BCUT2D eigenvalue weighted by Crippen LogP contribution is -1.99. The van der Waals surface area contributed by atoms with E-state index in [4.69, 9.17) is 8.83 Å². The van der Waals surface area contributed by atoms with E-state index in [0.29, 0.717) is 0 Å². The molecule has 0 aliphatic heterocycles. The second-order valence-electron chi connectivity index (χ2n) is 29.6. The average Bonchev–Trinajstić information content (AvgIpc) is 1.55. The molecule has 0 saturated heterocycles. The Morgan fingerprint density at radius 2 is 0.609 bits per heavy atom. The molecule has 18 aromatic carbocycles. The van der Waals surface area contributed by atoms with E-state index in [9.17, 15) is 0 Å². The normalized spacial score (nSPS) is 13.6. The minimum Gasteiger partial charge on any atom is -0.456 e. The van der Waals surface area contributed by atoms with E-state index < -0.39 is 0 Å². The summed E-state index contributed by atoms with van der Waals surface area (Å²) < 4.78 is 18.1. The van der Waals surface area contributed by atoms with Gasteiger partial charge in [-0.05, 0) is 190 Å². The van der Waals surface area contributed by atoms with Crippen molar-refractivity contribution in [1.82, 2.24) is 9.13 Å². The number of hydrogen-bond acceptors (Lipinski definition) is 2. The van der Waals surface area contributed by atoms with E-state index in [2.05, 4.69) is 385 Å². The van der Waals surface area contributed by atoms with Gasteiger partial charge in [0.05, 0.1) is 38.8 Å². The highest BCUT2D eigenvalue weighted by Crippen LogP contribution is 2.53. The van der Waals surface area contributed by atoms with Gasteiger partial charge in [0.25, 0.3) is 0 Å². The van der Waals surface area contributed by atoms with Crippen molar-refractivity contribution in [2.75, 3.05) is 0 Å². The third-order valence-corrected chi connectivity index (χ3v) is 23.7. The summed E-state index contributed by atoms with van der Waals surface area (Å²) in [5, 5.41) is 14.3. The zero-order chi connectivity index (χ0) is 72.1. The zero-order valence-electron chi connectivity index (χ0n) is 59.8. The molecular weight excluding hydrogens is 1330 g/mol. The molecule has 0 saturated carbocycles. The molecule has 4 heterocycles. The van der Waals surface area contributed by atoms with Crippen LogP contribution in [0, 0.1) is 0 Å². The first-order chi connectivity index (χ1) is 54.6. The number of benzene rings is 18. The van der Waals surface area contributed by atoms with Crippen LogP contribution < -0.4 is 0 Å². The van der Waals surface area contributed by atoms with E-state index in [1.807, 2.05) is 12.1 Å². The fraction of sp³-hybridized carbons (Fsp3) is 0.0189. The summed E-state index contributed by atoms with van der Waals surface area (Å²) >= 11 is 0. The molecule has 110 heavy (non-hydrogen) atoms. The Morgan fingerprint density at radius 1 is 0.209 bits per heavy atom. The monoisotopic (exact) mass is 1400 g/mol. The van der Waals surface area contributed by atoms with Crippen molar-refractivity contribution in [3.63, 3.8) is 0 Å². The van der Waals surface area contributed by atoms with Crippen LogP contribution in [0.2, 0.25) is 0 Å². The SMILES string of the molecule is c1ccc(-c2cccc(C3c4ccccc4-c4cc(-c5ccc6c(c5)c5ccc7c8ccccc8oc7c5n6-c5cccc6ccccc56)ccc43)c2)cc1.c1ccc(-c2cccc(C3c4ccccc4-c4cc(-c5ccc6c(c5)c5ccc7oc8ccccc8c7c5n6-c5cccc6ccccc56)ccc43)c2)cc1. The van der Waals surface area contributed by atoms with Gasteiger partial charge in [0.1, 0.15) is 16.7 Å². The second kappa shape index (κ2) is 24.6. The summed E-state index contributed by atoms with van der Waals surface area (Å²) in [5.41, 5.74) is 33.7. The van der Waals surface area contributed by atoms with Gasteiger partial charge in [-0.2, -0.15) is 0 Å². The fourth-order valence-corrected chi connectivity index (χ4v) is 18.8. The molecule has 4 aromatic heterocycles. The van der Waals surface area contributed by atoms with Crippen molar-refractivity contribution in [3.8, 4) is 78.1 Å². The number of fused-ring (bicyclic) bond motifs is 22. The third kappa shape index (κ3) is 9.59. The molecule has 0 radical (unpaired) electrons. The molecule has 0 fully saturated rings. The van der Waals surface area contributed by atoms with Gasteiger partial charge in [0.2, 0.25) is 0 Å². The first-order valence-electron chi connectivity index (χ1n) is 38.1. The van der Waals surface area contributed by atoms with Crippen molar-refractivity contribution < 1.29 is 8.83 Å². The number of nitrogens with zero attached hydrogens (tertiary/aromatic N) is 2. The number of hydrogen-bond donors (Lipinski definition) is 0. The molecule has 22 aromatic rings. The zero-order valence-corrected chi connectivity index (χ0v) is 59.8. The van der Waals surface area contributed by atoms with Crippen LogP contribution in [0.1, 0.15) is 45.2 Å². The molecule has 0 amide bonds. The lowest BCUT2D eigenvalue weighted by atomic mass is 9.87. The first kappa shape index (κ1) is 61.9. The number of rotatable bonds is 8. The Labute approximate surface area is 634 Å². The molecule has 0 spiro atoms. The van der Waals surface area contributed by atoms with Gasteiger partial charge < -0.3 is 18.0 Å². The van der Waals surface area contributed by atoms with Gasteiger partial charge in [-0.25, -0.2) is 0 Å². The predicted molar refractivity (Wildman–Crippen MR) is 459 cm³/mol. The van der Waals surface area contributed by atoms with Crippen molar-refractivity contribution in [3.05, 3.63) is 422 Å². The topological polar surface area (TPSA) is 36.1 Å². The summed E-state index contributed by atoms with van der Waals surface area (Å²) in [6.07, 6.45) is 0. The smallest absolute Gasteiger partial charge is 0.160 e. The average molecular weight is 1400 g/mol. The van der Waals surface area contributed by atoms with Crippen molar-refractivity contribution in [2.45, 2.75) is 11.8 Å². The van der Waals surface area contributed by atoms with Crippen molar-refractivity contribution in [2.24, 2.45) is 0 Å². The van der Waals surface area contributed by atoms with E-state index >= 15 is 0 Å². The number of para-hydroxylation sites is 2. The quantitative estimate of drug-likeness (QED) is 0.152. The van der Waals surface area contributed by atoms with Gasteiger partial charge in [0.15, 0.2) is 5.58 Å². The van der Waals surface area contributed by atoms with Crippen LogP contribution in [0.25, 0.3) is 187 Å². The lowest BCUT2D eigenvalue weighted by Gasteiger charge is -2.16. The lowest BCUT2D eigenvalue weighted by molar-refractivity contribution is 0.669. The van der Waals surface area contributed by atoms with Gasteiger partial charge in [-0.1, -0.05) is 309 Å². The molecule has 2 unspecified atom stereocenters. The molecule has 0 N–H and O–H groups in total. The highest BCUT2D eigenvalue weighted by Gasteiger charge is 2.33. The molecule has 2 aliphatic carbocycles. The highest BCUT2D eigenvalue weighted by atomic mass is 16.3. The van der Waals surface area contributed by atoms with Gasteiger partial charge in [-0.15, -0.1) is 0 Å². The molecule has 24 rings (SSSR count). The van der Waals surface area contributed by atoms with Gasteiger partial charge in [-0.3, -0.25) is 0 Å². The minimum absolute atomic E-state index is 0.177. The summed E-state index contributed by atoms with van der Waals surface area (Å²) in [6, 6.07) is 142. The van der Waals surface area contributed by atoms with Gasteiger partial charge >= 0.3 is 0 Å². The Hall–Kier alpha value is -14.3. The Kier molecular flexibility index (Phi) is 13.9. The van der Waals surface area contributed by atoms with E-state index in [0.717, 1.165) is 60.6 Å². The molecule has 4 nitrogen and oxygen atoms in total. The second-order valence-corrected chi connectivity index (χ2v) is 29.6. The number of aromatic nitrogens is 2. The minimum atomic E-state index is 0.177. The van der Waals surface area contributed by atoms with E-state index in [1.165, 1.54) is 160 Å². The maximum absolute atomic E-state index is 6.73. The van der Waals surface area contributed by atoms with Crippen LogP contribution in [-0.2, 0) is 0 Å². The summed E-state index contributed by atoms with van der Waals surface area (Å²) in [4.78, 5) is 0. The maximum atomic E-state index is 6.73. The van der Waals surface area contributed by atoms with Crippen LogP contribution in [0.4, 0.5) is 0 Å². The molecular formula is C106H66N2O2. The first-order valence-corrected chi connectivity index (χ1v) is 38.1.